The highest BCUT2D eigenvalue weighted by Gasteiger charge is 2.25. The molecule has 128 valence electrons. The summed E-state index contributed by atoms with van der Waals surface area (Å²) in [4.78, 5) is 12.7. The van der Waals surface area contributed by atoms with Crippen molar-refractivity contribution >= 4 is 45.8 Å². The Labute approximate surface area is 162 Å². The lowest BCUT2D eigenvalue weighted by atomic mass is 10.0. The monoisotopic (exact) mass is 470 g/mol. The van der Waals surface area contributed by atoms with Gasteiger partial charge in [0.1, 0.15) is 22.8 Å². The summed E-state index contributed by atoms with van der Waals surface area (Å²) in [6.07, 6.45) is 0. The molecule has 0 spiro atoms. The van der Waals surface area contributed by atoms with Crippen LogP contribution in [0.25, 0.3) is 11.3 Å². The number of aryl methyl sites for hydroxylation is 2. The van der Waals surface area contributed by atoms with E-state index >= 15 is 0 Å². The summed E-state index contributed by atoms with van der Waals surface area (Å²) in [5.41, 5.74) is 2.02. The number of hydrogen-bond acceptors (Lipinski definition) is 3. The molecule has 3 aromatic rings. The standard InChI is InChI=1S/C18H13ClFIN2O2/c1-9-6-7-11(8-14(9)21)22-18(24)15-10(2)25-23-17(15)16-12(19)4-3-5-13(16)20/h3-8H,1-2H3,(H,22,24). The number of hydrogen-bond donors (Lipinski definition) is 1. The Morgan fingerprint density at radius 2 is 2.04 bits per heavy atom. The van der Waals surface area contributed by atoms with Gasteiger partial charge in [-0.25, -0.2) is 4.39 Å². The maximum atomic E-state index is 14.2. The van der Waals surface area contributed by atoms with Gasteiger partial charge in [-0.05, 0) is 66.3 Å². The van der Waals surface area contributed by atoms with Crippen LogP contribution in [0.3, 0.4) is 0 Å². The lowest BCUT2D eigenvalue weighted by Crippen LogP contribution is -2.14. The number of anilines is 1. The second kappa shape index (κ2) is 7.13. The molecule has 0 aliphatic rings. The number of halogens is 3. The first-order valence-corrected chi connectivity index (χ1v) is 8.82. The van der Waals surface area contributed by atoms with Crippen LogP contribution in [0.5, 0.6) is 0 Å². The number of aromatic nitrogens is 1. The van der Waals surface area contributed by atoms with Crippen LogP contribution in [0.4, 0.5) is 10.1 Å². The molecule has 3 rings (SSSR count). The molecule has 0 saturated heterocycles. The molecule has 0 fully saturated rings. The van der Waals surface area contributed by atoms with Gasteiger partial charge < -0.3 is 9.84 Å². The van der Waals surface area contributed by atoms with Crippen LogP contribution in [-0.2, 0) is 0 Å². The SMILES string of the molecule is Cc1ccc(NC(=O)c2c(-c3c(F)cccc3Cl)noc2C)cc1I. The molecule has 2 aromatic carbocycles. The normalized spacial score (nSPS) is 10.8. The van der Waals surface area contributed by atoms with Crippen molar-refractivity contribution in [1.82, 2.24) is 5.16 Å². The van der Waals surface area contributed by atoms with Crippen molar-refractivity contribution in [1.29, 1.82) is 0 Å². The average molecular weight is 471 g/mol. The summed E-state index contributed by atoms with van der Waals surface area (Å²) in [6, 6.07) is 9.85. The predicted molar refractivity (Wildman–Crippen MR) is 103 cm³/mol. The fourth-order valence-electron chi connectivity index (χ4n) is 2.40. The Morgan fingerprint density at radius 3 is 2.72 bits per heavy atom. The molecule has 0 radical (unpaired) electrons. The van der Waals surface area contributed by atoms with Gasteiger partial charge in [0.2, 0.25) is 0 Å². The van der Waals surface area contributed by atoms with E-state index in [0.717, 1.165) is 9.13 Å². The molecule has 0 bridgehead atoms. The lowest BCUT2D eigenvalue weighted by Gasteiger charge is -2.08. The minimum absolute atomic E-state index is 0.0460. The third-order valence-corrected chi connectivity index (χ3v) is 5.20. The van der Waals surface area contributed by atoms with E-state index < -0.39 is 11.7 Å². The first kappa shape index (κ1) is 17.9. The van der Waals surface area contributed by atoms with Crippen molar-refractivity contribution in [3.63, 3.8) is 0 Å². The fourth-order valence-corrected chi connectivity index (χ4v) is 3.17. The summed E-state index contributed by atoms with van der Waals surface area (Å²) in [6.45, 7) is 3.58. The first-order valence-electron chi connectivity index (χ1n) is 7.36. The Morgan fingerprint density at radius 1 is 1.28 bits per heavy atom. The number of carbonyl (C=O) groups excluding carboxylic acids is 1. The van der Waals surface area contributed by atoms with E-state index in [9.17, 15) is 9.18 Å². The fraction of sp³-hybridized carbons (Fsp3) is 0.111. The molecule has 4 nitrogen and oxygen atoms in total. The number of nitrogens with one attached hydrogen (secondary N) is 1. The quantitative estimate of drug-likeness (QED) is 0.507. The Bertz CT molecular complexity index is 951. The topological polar surface area (TPSA) is 55.1 Å². The maximum absolute atomic E-state index is 14.2. The van der Waals surface area contributed by atoms with E-state index in [4.69, 9.17) is 16.1 Å². The smallest absolute Gasteiger partial charge is 0.261 e. The van der Waals surface area contributed by atoms with Crippen LogP contribution >= 0.6 is 34.2 Å². The van der Waals surface area contributed by atoms with Gasteiger partial charge >= 0.3 is 0 Å². The molecule has 1 aromatic heterocycles. The maximum Gasteiger partial charge on any atom is 0.261 e. The van der Waals surface area contributed by atoms with Gasteiger partial charge in [0.25, 0.3) is 5.91 Å². The largest absolute Gasteiger partial charge is 0.360 e. The highest BCUT2D eigenvalue weighted by atomic mass is 127. The van der Waals surface area contributed by atoms with Crippen molar-refractivity contribution in [3.05, 3.63) is 67.7 Å². The van der Waals surface area contributed by atoms with Crippen molar-refractivity contribution in [2.24, 2.45) is 0 Å². The average Bonchev–Trinajstić information content (AvgIpc) is 2.92. The summed E-state index contributed by atoms with van der Waals surface area (Å²) >= 11 is 8.29. The summed E-state index contributed by atoms with van der Waals surface area (Å²) < 4.78 is 20.4. The molecule has 1 heterocycles. The van der Waals surface area contributed by atoms with Gasteiger partial charge in [-0.3, -0.25) is 4.79 Å². The molecule has 0 atom stereocenters. The molecule has 0 aliphatic heterocycles. The van der Waals surface area contributed by atoms with E-state index in [1.54, 1.807) is 13.0 Å². The summed E-state index contributed by atoms with van der Waals surface area (Å²) in [5.74, 6) is -0.721. The van der Waals surface area contributed by atoms with Crippen molar-refractivity contribution < 1.29 is 13.7 Å². The van der Waals surface area contributed by atoms with Gasteiger partial charge in [0.05, 0.1) is 10.6 Å². The molecule has 1 amide bonds. The van der Waals surface area contributed by atoms with Gasteiger partial charge in [-0.1, -0.05) is 28.9 Å². The number of carbonyl (C=O) groups is 1. The third kappa shape index (κ3) is 3.55. The number of rotatable bonds is 3. The molecule has 7 heteroatoms. The number of amides is 1. The van der Waals surface area contributed by atoms with Gasteiger partial charge in [0, 0.05) is 9.26 Å². The van der Waals surface area contributed by atoms with Crippen LogP contribution in [0.2, 0.25) is 5.02 Å². The number of nitrogens with zero attached hydrogens (tertiary/aromatic N) is 1. The predicted octanol–water partition coefficient (Wildman–Crippen LogP) is 5.61. The second-order valence-electron chi connectivity index (χ2n) is 5.48. The van der Waals surface area contributed by atoms with Gasteiger partial charge in [-0.2, -0.15) is 0 Å². The van der Waals surface area contributed by atoms with Crippen LogP contribution in [0, 0.1) is 23.2 Å². The molecule has 25 heavy (non-hydrogen) atoms. The minimum Gasteiger partial charge on any atom is -0.360 e. The van der Waals surface area contributed by atoms with Crippen molar-refractivity contribution in [3.8, 4) is 11.3 Å². The highest BCUT2D eigenvalue weighted by molar-refractivity contribution is 14.1. The lowest BCUT2D eigenvalue weighted by molar-refractivity contribution is 0.102. The Balaban J connectivity index is 2.02. The van der Waals surface area contributed by atoms with Gasteiger partial charge in [-0.15, -0.1) is 0 Å². The molecule has 1 N–H and O–H groups in total. The van der Waals surface area contributed by atoms with E-state index in [-0.39, 0.29) is 27.6 Å². The van der Waals surface area contributed by atoms with Crippen LogP contribution in [0.15, 0.2) is 40.9 Å². The van der Waals surface area contributed by atoms with E-state index in [1.165, 1.54) is 18.2 Å². The summed E-state index contributed by atoms with van der Waals surface area (Å²) in [7, 11) is 0. The molecular formula is C18H13ClFIN2O2. The van der Waals surface area contributed by atoms with E-state index in [1.807, 2.05) is 19.1 Å². The first-order chi connectivity index (χ1) is 11.9. The summed E-state index contributed by atoms with van der Waals surface area (Å²) in [5, 5.41) is 6.79. The van der Waals surface area contributed by atoms with Crippen LogP contribution in [-0.4, -0.2) is 11.1 Å². The Hall–Kier alpha value is -1.93. The zero-order valence-corrected chi connectivity index (χ0v) is 16.3. The minimum atomic E-state index is -0.570. The molecule has 0 unspecified atom stereocenters. The van der Waals surface area contributed by atoms with Crippen LogP contribution in [0.1, 0.15) is 21.7 Å². The molecular weight excluding hydrogens is 458 g/mol. The zero-order chi connectivity index (χ0) is 18.1. The molecule has 0 saturated carbocycles. The van der Waals surface area contributed by atoms with Crippen molar-refractivity contribution in [2.45, 2.75) is 13.8 Å². The van der Waals surface area contributed by atoms with Crippen molar-refractivity contribution in [2.75, 3.05) is 5.32 Å². The van der Waals surface area contributed by atoms with E-state index in [0.29, 0.717) is 5.69 Å². The van der Waals surface area contributed by atoms with E-state index in [2.05, 4.69) is 33.1 Å². The zero-order valence-electron chi connectivity index (χ0n) is 13.4. The number of benzene rings is 2. The van der Waals surface area contributed by atoms with Crippen LogP contribution < -0.4 is 5.32 Å². The Kier molecular flexibility index (Phi) is 5.10. The van der Waals surface area contributed by atoms with Gasteiger partial charge in [0.15, 0.2) is 0 Å². The molecule has 0 aliphatic carbocycles. The highest BCUT2D eigenvalue weighted by Crippen LogP contribution is 2.33. The third-order valence-electron chi connectivity index (χ3n) is 3.72. The second-order valence-corrected chi connectivity index (χ2v) is 7.05.